The van der Waals surface area contributed by atoms with Crippen molar-refractivity contribution in [2.24, 2.45) is 4.99 Å². The largest absolute Gasteiger partial charge is 0.469 e. The topological polar surface area (TPSA) is 95.7 Å². The molecule has 7 nitrogen and oxygen atoms in total. The molecule has 0 saturated heterocycles. The predicted molar refractivity (Wildman–Crippen MR) is 90.0 cm³/mol. The van der Waals surface area contributed by atoms with Crippen LogP contribution in [0.2, 0.25) is 0 Å². The Bertz CT molecular complexity index is 488. The molecule has 0 aromatic carbocycles. The van der Waals surface area contributed by atoms with Gasteiger partial charge in [-0.15, -0.1) is 24.0 Å². The van der Waals surface area contributed by atoms with Gasteiger partial charge in [0.15, 0.2) is 5.96 Å². The molecule has 0 unspecified atom stereocenters. The lowest BCUT2D eigenvalue weighted by atomic mass is 10.3. The molecule has 0 atom stereocenters. The molecule has 0 spiro atoms. The van der Waals surface area contributed by atoms with Crippen LogP contribution in [0.25, 0.3) is 0 Å². The number of nitrogens with zero attached hydrogens (tertiary/aromatic N) is 1. The Labute approximate surface area is 136 Å². The van der Waals surface area contributed by atoms with Crippen LogP contribution in [0.3, 0.4) is 0 Å². The first kappa shape index (κ1) is 19.2. The second kappa shape index (κ2) is 10.00. The van der Waals surface area contributed by atoms with Crippen molar-refractivity contribution in [1.82, 2.24) is 15.4 Å². The van der Waals surface area contributed by atoms with Gasteiger partial charge in [0.1, 0.15) is 5.76 Å². The summed E-state index contributed by atoms with van der Waals surface area (Å²) in [6.07, 6.45) is 3.53. The Balaban J connectivity index is 0.00000361. The van der Waals surface area contributed by atoms with E-state index in [2.05, 4.69) is 20.3 Å². The third kappa shape index (κ3) is 9.15. The molecule has 0 aliphatic heterocycles. The fourth-order valence-corrected chi connectivity index (χ4v) is 1.87. The molecule has 0 bridgehead atoms. The third-order valence-electron chi connectivity index (χ3n) is 2.25. The highest BCUT2D eigenvalue weighted by Crippen LogP contribution is 1.99. The smallest absolute Gasteiger partial charge is 0.208 e. The van der Waals surface area contributed by atoms with Gasteiger partial charge in [-0.3, -0.25) is 4.99 Å². The third-order valence-corrected chi connectivity index (χ3v) is 2.98. The number of rotatable bonds is 7. The van der Waals surface area contributed by atoms with E-state index in [-0.39, 0.29) is 24.0 Å². The highest BCUT2D eigenvalue weighted by molar-refractivity contribution is 14.0. The Morgan fingerprint density at radius 1 is 1.30 bits per heavy atom. The average Bonchev–Trinajstić information content (AvgIpc) is 2.84. The summed E-state index contributed by atoms with van der Waals surface area (Å²) in [5, 5.41) is 6.11. The lowest BCUT2D eigenvalue weighted by Gasteiger charge is -2.11. The van der Waals surface area contributed by atoms with Crippen LogP contribution >= 0.6 is 24.0 Å². The van der Waals surface area contributed by atoms with Crippen LogP contribution in [-0.2, 0) is 16.4 Å². The van der Waals surface area contributed by atoms with E-state index in [0.29, 0.717) is 25.6 Å². The molecule has 1 aromatic heterocycles. The van der Waals surface area contributed by atoms with Crippen molar-refractivity contribution in [2.75, 3.05) is 32.9 Å². The van der Waals surface area contributed by atoms with Gasteiger partial charge in [-0.2, -0.15) is 0 Å². The number of aliphatic imine (C=N–C) groups is 1. The summed E-state index contributed by atoms with van der Waals surface area (Å²) in [6, 6.07) is 3.76. The van der Waals surface area contributed by atoms with Crippen LogP contribution in [0.15, 0.2) is 27.8 Å². The maximum atomic E-state index is 10.9. The Morgan fingerprint density at radius 3 is 2.55 bits per heavy atom. The van der Waals surface area contributed by atoms with Gasteiger partial charge in [-0.1, -0.05) is 0 Å². The van der Waals surface area contributed by atoms with Gasteiger partial charge in [-0.25, -0.2) is 13.1 Å². The van der Waals surface area contributed by atoms with Gasteiger partial charge in [0, 0.05) is 33.1 Å². The van der Waals surface area contributed by atoms with Crippen LogP contribution < -0.4 is 15.4 Å². The molecule has 3 N–H and O–H groups in total. The molecule has 0 fully saturated rings. The molecular formula is C11H21IN4O3S. The van der Waals surface area contributed by atoms with Crippen molar-refractivity contribution in [2.45, 2.75) is 6.42 Å². The average molecular weight is 416 g/mol. The molecule has 1 heterocycles. The van der Waals surface area contributed by atoms with E-state index < -0.39 is 10.0 Å². The first-order valence-corrected chi connectivity index (χ1v) is 7.82. The van der Waals surface area contributed by atoms with E-state index in [0.717, 1.165) is 18.4 Å². The SMILES string of the molecule is CN=C(NCCNS(C)(=O)=O)NCCc1ccco1.I. The molecule has 0 saturated carbocycles. The molecule has 1 rings (SSSR count). The molecule has 20 heavy (non-hydrogen) atoms. The van der Waals surface area contributed by atoms with Crippen molar-refractivity contribution in [3.63, 3.8) is 0 Å². The normalized spacial score (nSPS) is 11.8. The van der Waals surface area contributed by atoms with Crippen LogP contribution in [-0.4, -0.2) is 47.3 Å². The molecule has 1 aromatic rings. The fourth-order valence-electron chi connectivity index (χ4n) is 1.40. The molecular weight excluding hydrogens is 395 g/mol. The maximum Gasteiger partial charge on any atom is 0.208 e. The van der Waals surface area contributed by atoms with Crippen molar-refractivity contribution in [3.05, 3.63) is 24.2 Å². The van der Waals surface area contributed by atoms with E-state index in [1.54, 1.807) is 13.3 Å². The fraction of sp³-hybridized carbons (Fsp3) is 0.545. The number of hydrogen-bond acceptors (Lipinski definition) is 4. The monoisotopic (exact) mass is 416 g/mol. The van der Waals surface area contributed by atoms with Gasteiger partial charge in [0.2, 0.25) is 10.0 Å². The summed E-state index contributed by atoms with van der Waals surface area (Å²) in [5.74, 6) is 1.53. The van der Waals surface area contributed by atoms with E-state index in [1.807, 2.05) is 12.1 Å². The first-order valence-electron chi connectivity index (χ1n) is 5.93. The lowest BCUT2D eigenvalue weighted by molar-refractivity contribution is 0.506. The molecule has 0 aliphatic carbocycles. The number of halogens is 1. The van der Waals surface area contributed by atoms with Crippen LogP contribution in [0.1, 0.15) is 5.76 Å². The van der Waals surface area contributed by atoms with Crippen molar-refractivity contribution in [1.29, 1.82) is 0 Å². The number of guanidine groups is 1. The second-order valence-corrected chi connectivity index (χ2v) is 5.75. The molecule has 0 aliphatic rings. The first-order chi connectivity index (χ1) is 9.01. The van der Waals surface area contributed by atoms with E-state index in [1.165, 1.54) is 0 Å². The van der Waals surface area contributed by atoms with Gasteiger partial charge in [0.05, 0.1) is 12.5 Å². The lowest BCUT2D eigenvalue weighted by Crippen LogP contribution is -2.42. The minimum absolute atomic E-state index is 0. The van der Waals surface area contributed by atoms with Crippen molar-refractivity contribution in [3.8, 4) is 0 Å². The maximum absolute atomic E-state index is 10.9. The van der Waals surface area contributed by atoms with Crippen LogP contribution in [0.5, 0.6) is 0 Å². The second-order valence-electron chi connectivity index (χ2n) is 3.92. The van der Waals surface area contributed by atoms with E-state index >= 15 is 0 Å². The van der Waals surface area contributed by atoms with Crippen molar-refractivity contribution >= 4 is 40.0 Å². The summed E-state index contributed by atoms with van der Waals surface area (Å²) < 4.78 is 29.3. The van der Waals surface area contributed by atoms with Crippen LogP contribution in [0.4, 0.5) is 0 Å². The standard InChI is InChI=1S/C11H20N4O3S.HI/c1-12-11(14-7-8-15-19(2,16)17)13-6-5-10-4-3-9-18-10;/h3-4,9,15H,5-8H2,1-2H3,(H2,12,13,14);1H. The Hall–Kier alpha value is -0.810. The zero-order chi connectivity index (χ0) is 14.1. The molecule has 9 heteroatoms. The van der Waals surface area contributed by atoms with Crippen LogP contribution in [0, 0.1) is 0 Å². The summed E-state index contributed by atoms with van der Waals surface area (Å²) in [6.45, 7) is 1.47. The molecule has 0 radical (unpaired) electrons. The van der Waals surface area contributed by atoms with Gasteiger partial charge >= 0.3 is 0 Å². The number of furan rings is 1. The summed E-state index contributed by atoms with van der Waals surface area (Å²) in [7, 11) is -1.48. The van der Waals surface area contributed by atoms with Gasteiger partial charge in [0.25, 0.3) is 0 Å². The Morgan fingerprint density at radius 2 is 2.00 bits per heavy atom. The minimum Gasteiger partial charge on any atom is -0.469 e. The number of sulfonamides is 1. The molecule has 116 valence electrons. The quantitative estimate of drug-likeness (QED) is 0.255. The minimum atomic E-state index is -3.14. The summed E-state index contributed by atoms with van der Waals surface area (Å²) >= 11 is 0. The molecule has 0 amide bonds. The zero-order valence-corrected chi connectivity index (χ0v) is 14.7. The predicted octanol–water partition coefficient (Wildman–Crippen LogP) is 0.154. The van der Waals surface area contributed by atoms with E-state index in [4.69, 9.17) is 4.42 Å². The zero-order valence-electron chi connectivity index (χ0n) is 11.5. The van der Waals surface area contributed by atoms with E-state index in [9.17, 15) is 8.42 Å². The highest BCUT2D eigenvalue weighted by atomic mass is 127. The summed E-state index contributed by atoms with van der Waals surface area (Å²) in [5.41, 5.74) is 0. The number of hydrogen-bond donors (Lipinski definition) is 3. The number of nitrogens with one attached hydrogen (secondary N) is 3. The van der Waals surface area contributed by atoms with Gasteiger partial charge < -0.3 is 15.1 Å². The highest BCUT2D eigenvalue weighted by Gasteiger charge is 2.01. The Kier molecular flexibility index (Phi) is 9.59. The van der Waals surface area contributed by atoms with Gasteiger partial charge in [-0.05, 0) is 12.1 Å². The summed E-state index contributed by atoms with van der Waals surface area (Å²) in [4.78, 5) is 4.03. The van der Waals surface area contributed by atoms with Crippen molar-refractivity contribution < 1.29 is 12.8 Å².